The van der Waals surface area contributed by atoms with E-state index in [1.54, 1.807) is 14.2 Å². The van der Waals surface area contributed by atoms with E-state index in [1.165, 1.54) is 0 Å². The molecule has 5 N–H and O–H groups in total. The summed E-state index contributed by atoms with van der Waals surface area (Å²) in [6.07, 6.45) is 2.25. The van der Waals surface area contributed by atoms with Gasteiger partial charge in [-0.2, -0.15) is 0 Å². The summed E-state index contributed by atoms with van der Waals surface area (Å²) in [5, 5.41) is 11.2. The van der Waals surface area contributed by atoms with E-state index in [2.05, 4.69) is 13.8 Å². The molecule has 1 aliphatic heterocycles. The lowest BCUT2D eigenvalue weighted by molar-refractivity contribution is -0.158. The summed E-state index contributed by atoms with van der Waals surface area (Å²) in [5.41, 5.74) is 12.1. The molecule has 0 radical (unpaired) electrons. The Morgan fingerprint density at radius 2 is 1.83 bits per heavy atom. The first-order chi connectivity index (χ1) is 20.0. The molecule has 7 atom stereocenters. The van der Waals surface area contributed by atoms with Gasteiger partial charge in [0, 0.05) is 38.7 Å². The fourth-order valence-electron chi connectivity index (χ4n) is 6.10. The average Bonchev–Trinajstić information content (AvgIpc) is 3.61. The molecular formula is C32H52N2O8. The normalized spacial score (nSPS) is 24.4. The van der Waals surface area contributed by atoms with Crippen LogP contribution in [-0.4, -0.2) is 74.9 Å². The molecule has 10 heteroatoms. The fourth-order valence-corrected chi connectivity index (χ4v) is 6.10. The molecule has 10 nitrogen and oxygen atoms in total. The lowest BCUT2D eigenvalue weighted by Gasteiger charge is -2.30. The highest BCUT2D eigenvalue weighted by Gasteiger charge is 2.74. The second-order valence-electron chi connectivity index (χ2n) is 12.6. The lowest BCUT2D eigenvalue weighted by Crippen LogP contribution is -2.42. The van der Waals surface area contributed by atoms with Gasteiger partial charge in [0.1, 0.15) is 6.10 Å². The number of amides is 1. The minimum Gasteiger partial charge on any atom is -0.493 e. The van der Waals surface area contributed by atoms with Crippen LogP contribution in [0.3, 0.4) is 0 Å². The number of hydrogen-bond donors (Lipinski definition) is 3. The minimum atomic E-state index is -1.20. The van der Waals surface area contributed by atoms with Crippen molar-refractivity contribution in [2.24, 2.45) is 41.1 Å². The average molecular weight is 593 g/mol. The predicted octanol–water partition coefficient (Wildman–Crippen LogP) is 3.24. The van der Waals surface area contributed by atoms with Gasteiger partial charge in [0.05, 0.1) is 25.7 Å². The molecule has 1 saturated carbocycles. The van der Waals surface area contributed by atoms with Crippen molar-refractivity contribution < 1.29 is 38.4 Å². The zero-order chi connectivity index (χ0) is 31.0. The van der Waals surface area contributed by atoms with Gasteiger partial charge in [0.25, 0.3) is 5.91 Å². The van der Waals surface area contributed by atoms with Crippen molar-refractivity contribution in [1.29, 1.82) is 0 Å². The molecule has 1 aliphatic carbocycles. The molecule has 2 fully saturated rings. The third kappa shape index (κ3) is 8.15. The van der Waals surface area contributed by atoms with Crippen molar-refractivity contribution >= 4 is 11.9 Å². The van der Waals surface area contributed by atoms with Crippen molar-refractivity contribution in [2.75, 3.05) is 34.0 Å². The van der Waals surface area contributed by atoms with Gasteiger partial charge in [-0.05, 0) is 67.6 Å². The number of primary amides is 1. The van der Waals surface area contributed by atoms with Crippen LogP contribution in [0, 0.1) is 29.6 Å². The van der Waals surface area contributed by atoms with Crippen molar-refractivity contribution in [3.63, 3.8) is 0 Å². The summed E-state index contributed by atoms with van der Waals surface area (Å²) in [4.78, 5) is 25.4. The van der Waals surface area contributed by atoms with Crippen molar-refractivity contribution in [3.05, 3.63) is 23.8 Å². The van der Waals surface area contributed by atoms with Crippen LogP contribution in [0.1, 0.15) is 65.4 Å². The summed E-state index contributed by atoms with van der Waals surface area (Å²) in [6, 6.07) is 5.42. The molecule has 0 spiro atoms. The summed E-state index contributed by atoms with van der Waals surface area (Å²) in [5.74, 6) is -0.0325. The Hall–Kier alpha value is -2.40. The van der Waals surface area contributed by atoms with E-state index in [-0.39, 0.29) is 24.2 Å². The largest absolute Gasteiger partial charge is 0.493 e. The van der Waals surface area contributed by atoms with Crippen LogP contribution in [0.5, 0.6) is 11.5 Å². The van der Waals surface area contributed by atoms with E-state index in [0.29, 0.717) is 43.7 Å². The van der Waals surface area contributed by atoms with Gasteiger partial charge in [-0.25, -0.2) is 0 Å². The first-order valence-corrected chi connectivity index (χ1v) is 15.3. The molecule has 1 saturated heterocycles. The van der Waals surface area contributed by atoms with Gasteiger partial charge in [-0.15, -0.1) is 0 Å². The molecule has 0 aromatic heterocycles. The monoisotopic (exact) mass is 592 g/mol. The van der Waals surface area contributed by atoms with E-state index in [1.807, 2.05) is 32.0 Å². The van der Waals surface area contributed by atoms with Crippen molar-refractivity contribution in [1.82, 2.24) is 0 Å². The molecule has 1 amide bonds. The highest BCUT2D eigenvalue weighted by atomic mass is 16.6. The van der Waals surface area contributed by atoms with Crippen LogP contribution in [0.4, 0.5) is 0 Å². The SMILES string of the molecule is COCCCOc1cc(CC(CC(N)C(O)CC(C(=O)OC2C3CCCOC32C(N)=O)C(C)C)C(C)C)ccc1OC. The number of hydrogen-bond acceptors (Lipinski definition) is 9. The van der Waals surface area contributed by atoms with Crippen LogP contribution in [-0.2, 0) is 30.2 Å². The van der Waals surface area contributed by atoms with Crippen LogP contribution >= 0.6 is 0 Å². The standard InChI is InChI=1S/C32H52N2O8/c1-19(2)22(15-21-10-11-27(39-6)28(16-21)40-13-8-12-38-5)17-25(33)26(35)18-23(20(3)4)30(36)42-29-24-9-7-14-41-32(24,29)31(34)37/h10-11,16,19-20,22-26,29,35H,7-9,12-15,17-18,33H2,1-6H3,(H2,34,37). The van der Waals surface area contributed by atoms with E-state index >= 15 is 0 Å². The number of ether oxygens (including phenoxy) is 5. The number of nitrogens with two attached hydrogens (primary N) is 2. The number of rotatable bonds is 18. The minimum absolute atomic E-state index is 0.0897. The second-order valence-corrected chi connectivity index (χ2v) is 12.6. The number of aliphatic hydroxyl groups is 1. The van der Waals surface area contributed by atoms with Gasteiger partial charge in [-0.1, -0.05) is 33.8 Å². The molecule has 0 bridgehead atoms. The topological polar surface area (TPSA) is 153 Å². The highest BCUT2D eigenvalue weighted by molar-refractivity contribution is 5.90. The molecule has 3 rings (SSSR count). The Kier molecular flexibility index (Phi) is 12.5. The van der Waals surface area contributed by atoms with E-state index in [0.717, 1.165) is 31.2 Å². The number of methoxy groups -OCH3 is 2. The predicted molar refractivity (Wildman–Crippen MR) is 159 cm³/mol. The summed E-state index contributed by atoms with van der Waals surface area (Å²) < 4.78 is 28.0. The van der Waals surface area contributed by atoms with Gasteiger partial charge >= 0.3 is 5.97 Å². The lowest BCUT2D eigenvalue weighted by atomic mass is 9.81. The van der Waals surface area contributed by atoms with Crippen molar-refractivity contribution in [3.8, 4) is 11.5 Å². The zero-order valence-corrected chi connectivity index (χ0v) is 26.2. The number of carbonyl (C=O) groups excluding carboxylic acids is 2. The summed E-state index contributed by atoms with van der Waals surface area (Å²) in [7, 11) is 3.29. The molecule has 1 aromatic rings. The molecule has 1 heterocycles. The van der Waals surface area contributed by atoms with E-state index in [4.69, 9.17) is 35.2 Å². The van der Waals surface area contributed by atoms with Crippen LogP contribution < -0.4 is 20.9 Å². The maximum atomic E-state index is 13.3. The molecule has 42 heavy (non-hydrogen) atoms. The third-order valence-electron chi connectivity index (χ3n) is 8.95. The summed E-state index contributed by atoms with van der Waals surface area (Å²) >= 11 is 0. The molecular weight excluding hydrogens is 540 g/mol. The number of carbonyl (C=O) groups is 2. The maximum absolute atomic E-state index is 13.3. The van der Waals surface area contributed by atoms with E-state index < -0.39 is 41.6 Å². The summed E-state index contributed by atoms with van der Waals surface area (Å²) in [6.45, 7) is 9.70. The molecule has 1 aromatic carbocycles. The van der Waals surface area contributed by atoms with Crippen LogP contribution in [0.2, 0.25) is 0 Å². The quantitative estimate of drug-likeness (QED) is 0.172. The number of benzene rings is 1. The Morgan fingerprint density at radius 1 is 1.10 bits per heavy atom. The molecule has 238 valence electrons. The number of fused-ring (bicyclic) bond motifs is 1. The zero-order valence-electron chi connectivity index (χ0n) is 26.2. The number of esters is 1. The second kappa shape index (κ2) is 15.4. The smallest absolute Gasteiger partial charge is 0.309 e. The Morgan fingerprint density at radius 3 is 2.43 bits per heavy atom. The fraction of sp³-hybridized carbons (Fsp3) is 0.750. The Bertz CT molecular complexity index is 1030. The van der Waals surface area contributed by atoms with Gasteiger partial charge in [0.2, 0.25) is 0 Å². The van der Waals surface area contributed by atoms with Gasteiger partial charge in [-0.3, -0.25) is 9.59 Å². The van der Waals surface area contributed by atoms with Gasteiger partial charge in [0.15, 0.2) is 17.1 Å². The molecule has 7 unspecified atom stereocenters. The van der Waals surface area contributed by atoms with Crippen LogP contribution in [0.15, 0.2) is 18.2 Å². The Labute approximate surface area is 250 Å². The van der Waals surface area contributed by atoms with E-state index in [9.17, 15) is 14.7 Å². The van der Waals surface area contributed by atoms with Gasteiger partial charge < -0.3 is 40.3 Å². The third-order valence-corrected chi connectivity index (χ3v) is 8.95. The maximum Gasteiger partial charge on any atom is 0.309 e. The van der Waals surface area contributed by atoms with Crippen molar-refractivity contribution in [2.45, 2.75) is 90.1 Å². The first kappa shape index (κ1) is 34.1. The highest BCUT2D eigenvalue weighted by Crippen LogP contribution is 2.55. The number of aliphatic hydroxyl groups excluding tert-OH is 1. The van der Waals surface area contributed by atoms with Crippen LogP contribution in [0.25, 0.3) is 0 Å². The Balaban J connectivity index is 1.61. The first-order valence-electron chi connectivity index (χ1n) is 15.3. The molecule has 2 aliphatic rings.